The van der Waals surface area contributed by atoms with E-state index in [9.17, 15) is 24.0 Å². The van der Waals surface area contributed by atoms with Gasteiger partial charge in [-0.2, -0.15) is 0 Å². The Morgan fingerprint density at radius 2 is 1.53 bits per heavy atom. The van der Waals surface area contributed by atoms with Crippen LogP contribution in [0.1, 0.15) is 44.0 Å². The summed E-state index contributed by atoms with van der Waals surface area (Å²) >= 11 is 0. The number of hydrogen-bond donors (Lipinski definition) is 3. The largest absolute Gasteiger partial charge is 0.344 e. The van der Waals surface area contributed by atoms with Crippen LogP contribution in [0, 0.1) is 5.92 Å². The van der Waals surface area contributed by atoms with Gasteiger partial charge < -0.3 is 16.0 Å². The molecule has 0 aromatic heterocycles. The number of rotatable bonds is 10. The molecule has 9 heteroatoms. The van der Waals surface area contributed by atoms with Gasteiger partial charge in [0.2, 0.25) is 17.7 Å². The third-order valence-corrected chi connectivity index (χ3v) is 5.11. The molecule has 178 valence electrons. The molecule has 32 heavy (non-hydrogen) atoms. The number of aryl methyl sites for hydroxylation is 1. The summed E-state index contributed by atoms with van der Waals surface area (Å²) in [6, 6.07) is 5.74. The second-order valence-electron chi connectivity index (χ2n) is 7.97. The molecule has 1 aromatic carbocycles. The van der Waals surface area contributed by atoms with Gasteiger partial charge in [-0.25, -0.2) is 0 Å². The molecular formula is C23H36N4O5. The summed E-state index contributed by atoms with van der Waals surface area (Å²) in [5, 5.41) is 8.00. The third-order valence-electron chi connectivity index (χ3n) is 5.11. The van der Waals surface area contributed by atoms with Gasteiger partial charge in [-0.15, -0.1) is 0 Å². The Labute approximate surface area is 192 Å². The van der Waals surface area contributed by atoms with Crippen molar-refractivity contribution in [1.29, 1.82) is 0 Å². The van der Waals surface area contributed by atoms with E-state index in [0.717, 1.165) is 29.0 Å². The molecule has 9 nitrogen and oxygen atoms in total. The second-order valence-corrected chi connectivity index (χ2v) is 7.97. The minimum absolute atomic E-state index is 0. The van der Waals surface area contributed by atoms with Gasteiger partial charge in [0.25, 0.3) is 11.8 Å². The summed E-state index contributed by atoms with van der Waals surface area (Å²) < 4.78 is 0. The topological polar surface area (TPSA) is 125 Å². The van der Waals surface area contributed by atoms with Crippen LogP contribution in [0.25, 0.3) is 0 Å². The quantitative estimate of drug-likeness (QED) is 0.472. The van der Waals surface area contributed by atoms with Crippen molar-refractivity contribution in [2.24, 2.45) is 5.92 Å². The van der Waals surface area contributed by atoms with Gasteiger partial charge in [-0.05, 0) is 37.0 Å². The summed E-state index contributed by atoms with van der Waals surface area (Å²) in [5.74, 6) is -2.52. The number of nitrogens with zero attached hydrogens (tertiary/aromatic N) is 1. The third kappa shape index (κ3) is 6.76. The number of carbonyl (C=O) groups is 5. The molecule has 0 fully saturated rings. The van der Waals surface area contributed by atoms with Crippen molar-refractivity contribution in [3.05, 3.63) is 42.0 Å². The molecule has 3 N–H and O–H groups in total. The van der Waals surface area contributed by atoms with E-state index in [-0.39, 0.29) is 29.1 Å². The first kappa shape index (κ1) is 24.8. The Kier molecular flexibility index (Phi) is 8.69. The van der Waals surface area contributed by atoms with E-state index in [4.69, 9.17) is 0 Å². The summed E-state index contributed by atoms with van der Waals surface area (Å²) in [5.41, 5.74) is 1.78. The molecular weight excluding hydrogens is 412 g/mol. The molecule has 2 rings (SSSR count). The van der Waals surface area contributed by atoms with Crippen molar-refractivity contribution >= 4 is 35.2 Å². The number of nitrogens with one attached hydrogen (secondary N) is 3. The van der Waals surface area contributed by atoms with E-state index in [1.807, 2.05) is 19.1 Å². The molecule has 0 unspecified atom stereocenters. The Hall–Kier alpha value is -3.49. The van der Waals surface area contributed by atoms with Crippen LogP contribution in [-0.2, 0) is 30.4 Å². The zero-order valence-electron chi connectivity index (χ0n) is 18.8. The molecule has 0 aliphatic carbocycles. The smallest absolute Gasteiger partial charge is 0.253 e. The fourth-order valence-electron chi connectivity index (χ4n) is 3.09. The average molecular weight is 449 g/mol. The highest BCUT2D eigenvalue weighted by atomic mass is 16.2. The van der Waals surface area contributed by atoms with E-state index in [1.54, 1.807) is 32.9 Å². The van der Waals surface area contributed by atoms with Crippen molar-refractivity contribution in [1.82, 2.24) is 15.5 Å². The van der Waals surface area contributed by atoms with E-state index in [1.165, 1.54) is 0 Å². The molecule has 0 saturated heterocycles. The number of hydrogen-bond acceptors (Lipinski definition) is 5. The first-order valence-electron chi connectivity index (χ1n) is 10.7. The highest BCUT2D eigenvalue weighted by Crippen LogP contribution is 2.11. The monoisotopic (exact) mass is 448 g/mol. The van der Waals surface area contributed by atoms with E-state index in [2.05, 4.69) is 16.0 Å². The summed E-state index contributed by atoms with van der Waals surface area (Å²) in [6.07, 6.45) is 3.06. The summed E-state index contributed by atoms with van der Waals surface area (Å²) in [6.45, 7) is 7.06. The van der Waals surface area contributed by atoms with Crippen molar-refractivity contribution < 1.29 is 28.3 Å². The Balaban J connectivity index is 0. The van der Waals surface area contributed by atoms with E-state index >= 15 is 0 Å². The Bertz CT molecular complexity index is 904. The molecule has 1 aliphatic rings. The minimum Gasteiger partial charge on any atom is -0.344 e. The summed E-state index contributed by atoms with van der Waals surface area (Å²) in [4.78, 5) is 61.5. The number of carbonyl (C=O) groups excluding carboxylic acids is 5. The molecule has 0 bridgehead atoms. The molecule has 0 radical (unpaired) electrons. The average Bonchev–Trinajstić information content (AvgIpc) is 3.07. The van der Waals surface area contributed by atoms with Crippen LogP contribution in [0.3, 0.4) is 0 Å². The fourth-order valence-corrected chi connectivity index (χ4v) is 3.09. The maximum atomic E-state index is 12.7. The molecule has 2 atom stereocenters. The van der Waals surface area contributed by atoms with E-state index < -0.39 is 35.7 Å². The lowest BCUT2D eigenvalue weighted by Crippen LogP contribution is -2.54. The predicted molar refractivity (Wildman–Crippen MR) is 126 cm³/mol. The van der Waals surface area contributed by atoms with Crippen LogP contribution in [0.5, 0.6) is 0 Å². The number of anilines is 1. The summed E-state index contributed by atoms with van der Waals surface area (Å²) in [7, 11) is 0. The first-order chi connectivity index (χ1) is 15.1. The normalized spacial score (nSPS) is 15.0. The van der Waals surface area contributed by atoms with Crippen LogP contribution in [0.4, 0.5) is 5.69 Å². The molecule has 5 amide bonds. The number of benzene rings is 1. The Morgan fingerprint density at radius 3 is 2.06 bits per heavy atom. The van der Waals surface area contributed by atoms with E-state index in [0.29, 0.717) is 5.69 Å². The van der Waals surface area contributed by atoms with Crippen molar-refractivity contribution in [2.45, 2.75) is 52.6 Å². The van der Waals surface area contributed by atoms with Gasteiger partial charge in [-0.3, -0.25) is 28.9 Å². The Morgan fingerprint density at radius 1 is 0.938 bits per heavy atom. The van der Waals surface area contributed by atoms with Crippen LogP contribution in [0.2, 0.25) is 0 Å². The minimum atomic E-state index is -0.871. The highest BCUT2D eigenvalue weighted by Gasteiger charge is 2.28. The van der Waals surface area contributed by atoms with Crippen molar-refractivity contribution in [3.8, 4) is 0 Å². The zero-order chi connectivity index (χ0) is 23.8. The maximum Gasteiger partial charge on any atom is 0.253 e. The van der Waals surface area contributed by atoms with Crippen molar-refractivity contribution in [2.75, 3.05) is 11.9 Å². The van der Waals surface area contributed by atoms with Crippen LogP contribution >= 0.6 is 0 Å². The molecule has 0 saturated carbocycles. The van der Waals surface area contributed by atoms with Crippen LogP contribution < -0.4 is 16.0 Å². The van der Waals surface area contributed by atoms with Crippen molar-refractivity contribution in [3.63, 3.8) is 0 Å². The van der Waals surface area contributed by atoms with Gasteiger partial charge in [-0.1, -0.05) is 32.9 Å². The highest BCUT2D eigenvalue weighted by molar-refractivity contribution is 6.13. The molecule has 1 aliphatic heterocycles. The van der Waals surface area contributed by atoms with Crippen LogP contribution in [-0.4, -0.2) is 53.1 Å². The van der Waals surface area contributed by atoms with Gasteiger partial charge in [0.05, 0.1) is 0 Å². The maximum absolute atomic E-state index is 12.7. The number of amides is 5. The lowest BCUT2D eigenvalue weighted by atomic mass is 10.0. The van der Waals surface area contributed by atoms with Gasteiger partial charge in [0, 0.05) is 35.1 Å². The first-order valence-corrected chi connectivity index (χ1v) is 10.7. The van der Waals surface area contributed by atoms with Gasteiger partial charge in [0.15, 0.2) is 0 Å². The molecule has 1 aromatic rings. The predicted octanol–water partition coefficient (Wildman–Crippen LogP) is 1.89. The number of imide groups is 1. The van der Waals surface area contributed by atoms with Gasteiger partial charge in [0.1, 0.15) is 12.1 Å². The standard InChI is InChI=1S/C23H30N4O5.3H2/c1-5-16-6-8-17(9-7-16)25-22(31)15(4)24-23(32)21(14(2)3)26-18(28)12-13-27-19(29)10-11-20(27)30;;;/h6-11,14-15,21H,5,12-13H2,1-4H3,(H,24,32)(H,25,31)(H,26,28);3*1H/t15-,21-;;;/m0.../s1. The van der Waals surface area contributed by atoms with Gasteiger partial charge >= 0.3 is 0 Å². The van der Waals surface area contributed by atoms with Crippen LogP contribution in [0.15, 0.2) is 36.4 Å². The molecule has 0 spiro atoms. The fraction of sp³-hybridized carbons (Fsp3) is 0.435. The SMILES string of the molecule is CCc1ccc(NC(=O)[C@H](C)NC(=O)[C@@H](NC(=O)CCN2C(=O)C=CC2=O)C(C)C)cc1.[HH].[HH].[HH]. The zero-order valence-corrected chi connectivity index (χ0v) is 18.8. The molecule has 1 heterocycles. The lowest BCUT2D eigenvalue weighted by molar-refractivity contribution is -0.137. The second kappa shape index (κ2) is 11.2. The lowest BCUT2D eigenvalue weighted by Gasteiger charge is -2.24.